The SMILES string of the molecule is O=C(N[C@H](Cc1ccccn1)[C@H](O)CO)c1ccccc1-c1n[nH]c(-c2ccc(F)cc2)c1F. The summed E-state index contributed by atoms with van der Waals surface area (Å²) in [6.45, 7) is -0.561. The Balaban J connectivity index is 1.63. The molecule has 0 unspecified atom stereocenters. The molecule has 0 spiro atoms. The molecule has 9 heteroatoms. The number of nitrogens with zero attached hydrogens (tertiary/aromatic N) is 2. The molecule has 1 amide bonds. The molecule has 2 aromatic carbocycles. The predicted octanol–water partition coefficient (Wildman–Crippen LogP) is 3.11. The fourth-order valence-corrected chi connectivity index (χ4v) is 3.60. The summed E-state index contributed by atoms with van der Waals surface area (Å²) in [6.07, 6.45) is 0.542. The van der Waals surface area contributed by atoms with Crippen LogP contribution >= 0.6 is 0 Å². The number of aromatic nitrogens is 3. The summed E-state index contributed by atoms with van der Waals surface area (Å²) >= 11 is 0. The maximum atomic E-state index is 15.3. The fourth-order valence-electron chi connectivity index (χ4n) is 3.60. The third-order valence-corrected chi connectivity index (χ3v) is 5.39. The number of aliphatic hydroxyl groups is 2. The van der Waals surface area contributed by atoms with Gasteiger partial charge in [0.15, 0.2) is 5.82 Å². The first-order chi connectivity index (χ1) is 16.5. The average Bonchev–Trinajstić information content (AvgIpc) is 3.25. The molecule has 4 rings (SSSR count). The molecule has 174 valence electrons. The molecule has 0 fully saturated rings. The van der Waals surface area contributed by atoms with Crippen molar-refractivity contribution in [1.29, 1.82) is 0 Å². The van der Waals surface area contributed by atoms with Gasteiger partial charge in [0.1, 0.15) is 17.2 Å². The minimum atomic E-state index is -1.23. The second-order valence-electron chi connectivity index (χ2n) is 7.67. The Morgan fingerprint density at radius 3 is 2.47 bits per heavy atom. The lowest BCUT2D eigenvalue weighted by Crippen LogP contribution is -2.46. The summed E-state index contributed by atoms with van der Waals surface area (Å²) in [5, 5.41) is 29.1. The quantitative estimate of drug-likeness (QED) is 0.320. The van der Waals surface area contributed by atoms with Crippen LogP contribution in [0.2, 0.25) is 0 Å². The molecule has 2 heterocycles. The van der Waals surface area contributed by atoms with E-state index in [-0.39, 0.29) is 28.9 Å². The molecule has 0 aliphatic rings. The van der Waals surface area contributed by atoms with Gasteiger partial charge < -0.3 is 15.5 Å². The molecule has 4 aromatic rings. The Morgan fingerprint density at radius 2 is 1.76 bits per heavy atom. The summed E-state index contributed by atoms with van der Waals surface area (Å²) in [5.41, 5.74) is 1.38. The first-order valence-electron chi connectivity index (χ1n) is 10.6. The Hall–Kier alpha value is -3.95. The number of nitrogens with one attached hydrogen (secondary N) is 2. The van der Waals surface area contributed by atoms with E-state index >= 15 is 4.39 Å². The lowest BCUT2D eigenvalue weighted by atomic mass is 10.0. The molecule has 0 radical (unpaired) electrons. The van der Waals surface area contributed by atoms with E-state index in [0.29, 0.717) is 11.3 Å². The maximum Gasteiger partial charge on any atom is 0.252 e. The van der Waals surface area contributed by atoms with Crippen molar-refractivity contribution in [1.82, 2.24) is 20.5 Å². The van der Waals surface area contributed by atoms with Crippen LogP contribution in [0.4, 0.5) is 8.78 Å². The number of benzene rings is 2. The molecule has 4 N–H and O–H groups in total. The van der Waals surface area contributed by atoms with E-state index in [0.717, 1.165) is 0 Å². The van der Waals surface area contributed by atoms with Gasteiger partial charge in [-0.05, 0) is 42.5 Å². The highest BCUT2D eigenvalue weighted by atomic mass is 19.1. The van der Waals surface area contributed by atoms with Gasteiger partial charge in [-0.25, -0.2) is 8.78 Å². The van der Waals surface area contributed by atoms with E-state index in [9.17, 15) is 19.4 Å². The summed E-state index contributed by atoms with van der Waals surface area (Å²) in [5.74, 6) is -1.71. The molecule has 34 heavy (non-hydrogen) atoms. The topological polar surface area (TPSA) is 111 Å². The summed E-state index contributed by atoms with van der Waals surface area (Å²) < 4.78 is 28.5. The number of hydrogen-bond donors (Lipinski definition) is 4. The first kappa shape index (κ1) is 23.2. The zero-order valence-electron chi connectivity index (χ0n) is 18.0. The molecule has 0 saturated heterocycles. The number of rotatable bonds is 8. The highest BCUT2D eigenvalue weighted by Crippen LogP contribution is 2.30. The van der Waals surface area contributed by atoms with Crippen LogP contribution in [0.25, 0.3) is 22.5 Å². The van der Waals surface area contributed by atoms with Gasteiger partial charge in [-0.3, -0.25) is 14.9 Å². The van der Waals surface area contributed by atoms with E-state index in [4.69, 9.17) is 0 Å². The van der Waals surface area contributed by atoms with Crippen molar-refractivity contribution in [3.63, 3.8) is 0 Å². The molecule has 7 nitrogen and oxygen atoms in total. The van der Waals surface area contributed by atoms with Crippen LogP contribution < -0.4 is 5.32 Å². The first-order valence-corrected chi connectivity index (χ1v) is 10.6. The smallest absolute Gasteiger partial charge is 0.252 e. The number of aliphatic hydroxyl groups excluding tert-OH is 2. The van der Waals surface area contributed by atoms with Crippen LogP contribution in [0.15, 0.2) is 72.9 Å². The lowest BCUT2D eigenvalue weighted by molar-refractivity contribution is 0.0565. The third-order valence-electron chi connectivity index (χ3n) is 5.39. The molecule has 0 bridgehead atoms. The molecule has 0 saturated carbocycles. The zero-order valence-corrected chi connectivity index (χ0v) is 18.0. The highest BCUT2D eigenvalue weighted by molar-refractivity contribution is 6.01. The third kappa shape index (κ3) is 5.00. The number of amides is 1. The number of pyridine rings is 1. The number of halogens is 2. The molecule has 2 atom stereocenters. The molecule has 0 aliphatic carbocycles. The monoisotopic (exact) mass is 464 g/mol. The van der Waals surface area contributed by atoms with E-state index in [2.05, 4.69) is 20.5 Å². The molecular formula is C25H22F2N4O3. The van der Waals surface area contributed by atoms with Gasteiger partial charge in [0.05, 0.1) is 18.8 Å². The zero-order chi connectivity index (χ0) is 24.1. The van der Waals surface area contributed by atoms with Crippen LogP contribution in [0.5, 0.6) is 0 Å². The summed E-state index contributed by atoms with van der Waals surface area (Å²) in [6, 6.07) is 16.0. The van der Waals surface area contributed by atoms with Crippen LogP contribution in [0.1, 0.15) is 16.1 Å². The van der Waals surface area contributed by atoms with Crippen LogP contribution in [0.3, 0.4) is 0 Å². The standard InChI is InChI=1S/C25H22F2N4O3/c26-16-10-8-15(9-11-16)23-22(27)24(31-30-23)18-6-1-2-7-19(18)25(34)29-20(21(33)14-32)13-17-5-3-4-12-28-17/h1-12,20-21,32-33H,13-14H2,(H,29,34)(H,30,31)/t20-,21-/m1/s1. The minimum Gasteiger partial charge on any atom is -0.394 e. The summed E-state index contributed by atoms with van der Waals surface area (Å²) in [4.78, 5) is 17.4. The Morgan fingerprint density at radius 1 is 1.03 bits per heavy atom. The highest BCUT2D eigenvalue weighted by Gasteiger charge is 2.25. The Kier molecular flexibility index (Phi) is 7.05. The maximum absolute atomic E-state index is 15.3. The van der Waals surface area contributed by atoms with Crippen molar-refractivity contribution in [3.8, 4) is 22.5 Å². The number of carbonyl (C=O) groups is 1. The van der Waals surface area contributed by atoms with E-state index < -0.39 is 36.3 Å². The van der Waals surface area contributed by atoms with Crippen molar-refractivity contribution in [3.05, 3.63) is 95.8 Å². The number of hydrogen-bond acceptors (Lipinski definition) is 5. The van der Waals surface area contributed by atoms with Gasteiger partial charge in [0.25, 0.3) is 5.91 Å². The number of H-pyrrole nitrogens is 1. The van der Waals surface area contributed by atoms with Gasteiger partial charge in [-0.2, -0.15) is 5.10 Å². The Labute approximate surface area is 194 Å². The molecule has 0 aliphatic heterocycles. The van der Waals surface area contributed by atoms with E-state index in [1.165, 1.54) is 30.3 Å². The summed E-state index contributed by atoms with van der Waals surface area (Å²) in [7, 11) is 0. The van der Waals surface area contributed by atoms with Crippen LogP contribution in [-0.2, 0) is 6.42 Å². The Bertz CT molecular complexity index is 1260. The minimum absolute atomic E-state index is 0.0638. The number of carbonyl (C=O) groups excluding carboxylic acids is 1. The van der Waals surface area contributed by atoms with Crippen molar-refractivity contribution >= 4 is 5.91 Å². The number of aromatic amines is 1. The van der Waals surface area contributed by atoms with Gasteiger partial charge >= 0.3 is 0 Å². The van der Waals surface area contributed by atoms with E-state index in [1.807, 2.05) is 0 Å². The van der Waals surface area contributed by atoms with Crippen LogP contribution in [-0.4, -0.2) is 50.1 Å². The average molecular weight is 464 g/mol. The van der Waals surface area contributed by atoms with Crippen LogP contribution in [0, 0.1) is 11.6 Å². The van der Waals surface area contributed by atoms with Crippen molar-refractivity contribution < 1.29 is 23.8 Å². The van der Waals surface area contributed by atoms with Gasteiger partial charge in [-0.15, -0.1) is 0 Å². The van der Waals surface area contributed by atoms with Crippen molar-refractivity contribution in [2.45, 2.75) is 18.6 Å². The lowest BCUT2D eigenvalue weighted by Gasteiger charge is -2.23. The van der Waals surface area contributed by atoms with Crippen molar-refractivity contribution in [2.75, 3.05) is 6.61 Å². The van der Waals surface area contributed by atoms with Gasteiger partial charge in [0, 0.05) is 35.0 Å². The van der Waals surface area contributed by atoms with Crippen molar-refractivity contribution in [2.24, 2.45) is 0 Å². The largest absolute Gasteiger partial charge is 0.394 e. The fraction of sp³-hybridized carbons (Fsp3) is 0.160. The molecular weight excluding hydrogens is 442 g/mol. The normalized spacial score (nSPS) is 12.8. The predicted molar refractivity (Wildman–Crippen MR) is 122 cm³/mol. The van der Waals surface area contributed by atoms with Gasteiger partial charge in [-0.1, -0.05) is 24.3 Å². The van der Waals surface area contributed by atoms with E-state index in [1.54, 1.807) is 42.6 Å². The second kappa shape index (κ2) is 10.3. The molecule has 2 aromatic heterocycles. The van der Waals surface area contributed by atoms with Gasteiger partial charge in [0.2, 0.25) is 0 Å². The second-order valence-corrected chi connectivity index (χ2v) is 7.67.